The smallest absolute Gasteiger partial charge is 0.167 e. The maximum absolute atomic E-state index is 13.3. The molecule has 0 aliphatic heterocycles. The summed E-state index contributed by atoms with van der Waals surface area (Å²) in [6, 6.07) is 10.1. The molecule has 2 rings (SSSR count). The molecule has 2 aromatic carbocycles. The summed E-state index contributed by atoms with van der Waals surface area (Å²) in [5.41, 5.74) is 2.25. The van der Waals surface area contributed by atoms with Gasteiger partial charge in [0, 0.05) is 20.9 Å². The summed E-state index contributed by atoms with van der Waals surface area (Å²) >= 11 is 6.58. The lowest BCUT2D eigenvalue weighted by molar-refractivity contribution is 0.0992. The average Bonchev–Trinajstić information content (AvgIpc) is 2.30. The predicted molar refractivity (Wildman–Crippen MR) is 81.0 cm³/mol. The maximum atomic E-state index is 13.3. The third-order valence-electron chi connectivity index (χ3n) is 2.79. The van der Waals surface area contributed by atoms with E-state index in [-0.39, 0.29) is 18.0 Å². The molecule has 0 N–H and O–H groups in total. The summed E-state index contributed by atoms with van der Waals surface area (Å²) in [4.78, 5) is 12.3. The molecule has 0 saturated carbocycles. The molecule has 0 unspecified atom stereocenters. The molecule has 0 radical (unpaired) electrons. The minimum absolute atomic E-state index is 0.0173. The highest BCUT2D eigenvalue weighted by atomic mass is 79.9. The van der Waals surface area contributed by atoms with Gasteiger partial charge in [-0.25, -0.2) is 4.39 Å². The Balaban J connectivity index is 2.28. The summed E-state index contributed by atoms with van der Waals surface area (Å²) < 4.78 is 14.8. The van der Waals surface area contributed by atoms with Crippen molar-refractivity contribution >= 4 is 37.6 Å². The first-order valence-electron chi connectivity index (χ1n) is 5.70. The van der Waals surface area contributed by atoms with Crippen LogP contribution in [0.2, 0.25) is 0 Å². The molecule has 0 aliphatic rings. The van der Waals surface area contributed by atoms with Crippen molar-refractivity contribution < 1.29 is 9.18 Å². The van der Waals surface area contributed by atoms with Crippen LogP contribution in [0.5, 0.6) is 0 Å². The summed E-state index contributed by atoms with van der Waals surface area (Å²) in [5, 5.41) is 0. The second-order valence-electron chi connectivity index (χ2n) is 4.34. The van der Waals surface area contributed by atoms with Gasteiger partial charge in [0.2, 0.25) is 0 Å². The van der Waals surface area contributed by atoms with Gasteiger partial charge in [0.05, 0.1) is 0 Å². The molecule has 0 amide bonds. The highest BCUT2D eigenvalue weighted by molar-refractivity contribution is 9.10. The van der Waals surface area contributed by atoms with Crippen molar-refractivity contribution in [2.45, 2.75) is 13.3 Å². The molecule has 19 heavy (non-hydrogen) atoms. The van der Waals surface area contributed by atoms with Crippen LogP contribution in [0.4, 0.5) is 4.39 Å². The van der Waals surface area contributed by atoms with Crippen LogP contribution in [0.25, 0.3) is 0 Å². The molecular weight excluding hydrogens is 375 g/mol. The molecule has 4 heteroatoms. The molecule has 0 spiro atoms. The second-order valence-corrected chi connectivity index (χ2v) is 6.17. The van der Waals surface area contributed by atoms with E-state index < -0.39 is 0 Å². The normalized spacial score (nSPS) is 10.5. The standard InChI is InChI=1S/C15H11Br2FO/c1-9-2-3-11(16)8-14(9)15(19)6-10-4-12(17)7-13(18)5-10/h2-5,7-8H,6H2,1H3. The zero-order valence-corrected chi connectivity index (χ0v) is 13.4. The first kappa shape index (κ1) is 14.4. The summed E-state index contributed by atoms with van der Waals surface area (Å²) in [7, 11) is 0. The molecule has 2 aromatic rings. The van der Waals surface area contributed by atoms with Crippen molar-refractivity contribution in [1.82, 2.24) is 0 Å². The summed E-state index contributed by atoms with van der Waals surface area (Å²) in [6.07, 6.45) is 0.188. The van der Waals surface area contributed by atoms with Gasteiger partial charge in [-0.1, -0.05) is 37.9 Å². The minimum Gasteiger partial charge on any atom is -0.294 e. The van der Waals surface area contributed by atoms with Crippen molar-refractivity contribution in [2.75, 3.05) is 0 Å². The Morgan fingerprint density at radius 1 is 1.11 bits per heavy atom. The summed E-state index contributed by atoms with van der Waals surface area (Å²) in [5.74, 6) is -0.362. The Labute approximate surface area is 128 Å². The zero-order valence-electron chi connectivity index (χ0n) is 10.2. The van der Waals surface area contributed by atoms with Crippen molar-refractivity contribution in [1.29, 1.82) is 0 Å². The van der Waals surface area contributed by atoms with E-state index in [1.54, 1.807) is 12.1 Å². The molecule has 0 saturated heterocycles. The van der Waals surface area contributed by atoms with Crippen LogP contribution in [-0.4, -0.2) is 5.78 Å². The van der Waals surface area contributed by atoms with Gasteiger partial charge in [-0.05, 0) is 48.4 Å². The highest BCUT2D eigenvalue weighted by Crippen LogP contribution is 2.20. The molecule has 0 fully saturated rings. The Hall–Kier alpha value is -1.00. The fourth-order valence-electron chi connectivity index (χ4n) is 1.89. The number of carbonyl (C=O) groups excluding carboxylic acids is 1. The van der Waals surface area contributed by atoms with Crippen molar-refractivity contribution in [3.05, 3.63) is 67.9 Å². The second kappa shape index (κ2) is 5.97. The van der Waals surface area contributed by atoms with Gasteiger partial charge in [0.15, 0.2) is 5.78 Å². The van der Waals surface area contributed by atoms with Gasteiger partial charge in [-0.15, -0.1) is 0 Å². The van der Waals surface area contributed by atoms with Gasteiger partial charge in [-0.2, -0.15) is 0 Å². The Kier molecular flexibility index (Phi) is 4.53. The molecule has 0 aromatic heterocycles. The number of carbonyl (C=O) groups is 1. The predicted octanol–water partition coefficient (Wildman–Crippen LogP) is 5.08. The van der Waals surface area contributed by atoms with Gasteiger partial charge in [0.1, 0.15) is 5.82 Å². The fraction of sp³-hybridized carbons (Fsp3) is 0.133. The number of rotatable bonds is 3. The first-order chi connectivity index (χ1) is 8.95. The quantitative estimate of drug-likeness (QED) is 0.673. The number of ketones is 1. The van der Waals surface area contributed by atoms with Crippen LogP contribution in [0.3, 0.4) is 0 Å². The third-order valence-corrected chi connectivity index (χ3v) is 3.74. The van der Waals surface area contributed by atoms with Crippen LogP contribution < -0.4 is 0 Å². The zero-order chi connectivity index (χ0) is 14.0. The fourth-order valence-corrected chi connectivity index (χ4v) is 2.76. The number of halogens is 3. The van der Waals surface area contributed by atoms with Gasteiger partial charge in [-0.3, -0.25) is 4.79 Å². The van der Waals surface area contributed by atoms with Crippen molar-refractivity contribution in [2.24, 2.45) is 0 Å². The van der Waals surface area contributed by atoms with Crippen LogP contribution in [-0.2, 0) is 6.42 Å². The van der Waals surface area contributed by atoms with Gasteiger partial charge < -0.3 is 0 Å². The van der Waals surface area contributed by atoms with E-state index in [4.69, 9.17) is 0 Å². The lowest BCUT2D eigenvalue weighted by atomic mass is 9.99. The minimum atomic E-state index is -0.344. The van der Waals surface area contributed by atoms with Crippen LogP contribution in [0.1, 0.15) is 21.5 Å². The number of hydrogen-bond acceptors (Lipinski definition) is 1. The van der Waals surface area contributed by atoms with Crippen molar-refractivity contribution in [3.8, 4) is 0 Å². The van der Waals surface area contributed by atoms with Crippen LogP contribution in [0, 0.1) is 12.7 Å². The molecule has 1 nitrogen and oxygen atoms in total. The maximum Gasteiger partial charge on any atom is 0.167 e. The monoisotopic (exact) mass is 384 g/mol. The largest absolute Gasteiger partial charge is 0.294 e. The van der Waals surface area contributed by atoms with Gasteiger partial charge >= 0.3 is 0 Å². The number of aryl methyl sites for hydroxylation is 1. The van der Waals surface area contributed by atoms with E-state index in [9.17, 15) is 9.18 Å². The van der Waals surface area contributed by atoms with E-state index in [2.05, 4.69) is 31.9 Å². The highest BCUT2D eigenvalue weighted by Gasteiger charge is 2.11. The summed E-state index contributed by atoms with van der Waals surface area (Å²) in [6.45, 7) is 1.89. The third kappa shape index (κ3) is 3.74. The number of hydrogen-bond donors (Lipinski definition) is 0. The molecule has 0 atom stereocenters. The molecule has 0 bridgehead atoms. The average molecular weight is 386 g/mol. The SMILES string of the molecule is Cc1ccc(Br)cc1C(=O)Cc1cc(F)cc(Br)c1. The Morgan fingerprint density at radius 2 is 1.84 bits per heavy atom. The Bertz CT molecular complexity index is 618. The molecule has 0 heterocycles. The van der Waals surface area contributed by atoms with E-state index in [0.717, 1.165) is 10.0 Å². The van der Waals surface area contributed by atoms with E-state index in [1.807, 2.05) is 19.1 Å². The lowest BCUT2D eigenvalue weighted by Crippen LogP contribution is -2.06. The molecule has 98 valence electrons. The van der Waals surface area contributed by atoms with Crippen LogP contribution >= 0.6 is 31.9 Å². The first-order valence-corrected chi connectivity index (χ1v) is 7.28. The van der Waals surface area contributed by atoms with E-state index >= 15 is 0 Å². The lowest BCUT2D eigenvalue weighted by Gasteiger charge is -2.06. The van der Waals surface area contributed by atoms with Gasteiger partial charge in [0.25, 0.3) is 0 Å². The molecule has 0 aliphatic carbocycles. The van der Waals surface area contributed by atoms with E-state index in [1.165, 1.54) is 12.1 Å². The number of Topliss-reactive ketones (excluding diaryl/α,β-unsaturated/α-hetero) is 1. The number of benzene rings is 2. The van der Waals surface area contributed by atoms with Crippen LogP contribution in [0.15, 0.2) is 45.3 Å². The Morgan fingerprint density at radius 3 is 2.53 bits per heavy atom. The molecular formula is C15H11Br2FO. The van der Waals surface area contributed by atoms with Crippen molar-refractivity contribution in [3.63, 3.8) is 0 Å². The topological polar surface area (TPSA) is 17.1 Å². The van der Waals surface area contributed by atoms with E-state index in [0.29, 0.717) is 15.6 Å².